The van der Waals surface area contributed by atoms with E-state index in [1.807, 2.05) is 44.3 Å². The summed E-state index contributed by atoms with van der Waals surface area (Å²) in [6, 6.07) is 11.8. The van der Waals surface area contributed by atoms with Gasteiger partial charge in [-0.25, -0.2) is 0 Å². The summed E-state index contributed by atoms with van der Waals surface area (Å²) in [5, 5.41) is 16.2. The summed E-state index contributed by atoms with van der Waals surface area (Å²) in [4.78, 5) is 34.4. The van der Waals surface area contributed by atoms with E-state index in [0.29, 0.717) is 23.7 Å². The van der Waals surface area contributed by atoms with Gasteiger partial charge in [0.25, 0.3) is 0 Å². The van der Waals surface area contributed by atoms with E-state index in [2.05, 4.69) is 53.4 Å². The fourth-order valence-corrected chi connectivity index (χ4v) is 7.57. The van der Waals surface area contributed by atoms with Crippen molar-refractivity contribution in [2.24, 2.45) is 23.7 Å². The first-order chi connectivity index (χ1) is 18.2. The Labute approximate surface area is 223 Å². The van der Waals surface area contributed by atoms with Crippen molar-refractivity contribution in [3.8, 4) is 0 Å². The molecule has 0 radical (unpaired) electrons. The number of rotatable bonds is 2. The van der Waals surface area contributed by atoms with Crippen LogP contribution in [-0.4, -0.2) is 38.9 Å². The average Bonchev–Trinajstić information content (AvgIpc) is 3.61. The third kappa shape index (κ3) is 3.57. The van der Waals surface area contributed by atoms with Crippen molar-refractivity contribution in [2.45, 2.75) is 64.5 Å². The summed E-state index contributed by atoms with van der Waals surface area (Å²) >= 11 is 0. The highest BCUT2D eigenvalue weighted by molar-refractivity contribution is 5.98. The largest absolute Gasteiger partial charge is 0.388 e. The Bertz CT molecular complexity index is 1480. The monoisotopic (exact) mass is 511 g/mol. The molecule has 3 aromatic rings. The normalized spacial score (nSPS) is 34.3. The number of Topliss-reactive ketones (excluding diaryl/α,β-unsaturated/α-hetero) is 1. The molecule has 3 aliphatic rings. The number of nitrogens with one attached hydrogen (secondary N) is 3. The summed E-state index contributed by atoms with van der Waals surface area (Å²) in [5.74, 6) is -0.438. The molecule has 6 nitrogen and oxygen atoms in total. The average molecular weight is 512 g/mol. The first kappa shape index (κ1) is 24.9. The lowest BCUT2D eigenvalue weighted by molar-refractivity contribution is -0.127. The van der Waals surface area contributed by atoms with Crippen LogP contribution < -0.4 is 5.32 Å². The molecule has 1 saturated heterocycles. The van der Waals surface area contributed by atoms with E-state index < -0.39 is 17.4 Å². The van der Waals surface area contributed by atoms with Crippen LogP contribution in [-0.2, 0) is 16.6 Å². The SMILES string of the molecule is CC1=C(C)[C@@H](O)[C@@H]2/C=C/C[C@H](C)C[C@@H](C)C(=O)c3ccc([nH]3)[C@]23C(=O)N[C@@H](Cc2c[nH]c4ccccc24)C13. The molecule has 7 atom stereocenters. The van der Waals surface area contributed by atoms with Crippen LogP contribution in [0.3, 0.4) is 0 Å². The lowest BCUT2D eigenvalue weighted by Gasteiger charge is -2.46. The van der Waals surface area contributed by atoms with Gasteiger partial charge >= 0.3 is 0 Å². The number of aliphatic hydroxyl groups is 1. The van der Waals surface area contributed by atoms with Crippen LogP contribution in [0.5, 0.6) is 0 Å². The number of benzene rings is 1. The van der Waals surface area contributed by atoms with Crippen molar-refractivity contribution < 1.29 is 14.7 Å². The number of H-pyrrole nitrogens is 2. The predicted molar refractivity (Wildman–Crippen MR) is 149 cm³/mol. The zero-order valence-corrected chi connectivity index (χ0v) is 22.5. The molecule has 2 aromatic heterocycles. The molecule has 1 aromatic carbocycles. The smallest absolute Gasteiger partial charge is 0.233 e. The van der Waals surface area contributed by atoms with E-state index in [4.69, 9.17) is 0 Å². The molecule has 198 valence electrons. The Morgan fingerprint density at radius 3 is 2.66 bits per heavy atom. The number of carbonyl (C=O) groups excluding carboxylic acids is 2. The minimum Gasteiger partial charge on any atom is -0.388 e. The van der Waals surface area contributed by atoms with Crippen LogP contribution >= 0.6 is 0 Å². The second-order valence-corrected chi connectivity index (χ2v) is 11.9. The summed E-state index contributed by atoms with van der Waals surface area (Å²) in [6.45, 7) is 8.19. The van der Waals surface area contributed by atoms with E-state index in [1.165, 1.54) is 0 Å². The molecule has 1 spiro atoms. The topological polar surface area (TPSA) is 98.0 Å². The van der Waals surface area contributed by atoms with Crippen molar-refractivity contribution in [3.63, 3.8) is 0 Å². The number of ketones is 1. The summed E-state index contributed by atoms with van der Waals surface area (Å²) in [5.41, 5.74) is 4.42. The summed E-state index contributed by atoms with van der Waals surface area (Å²) in [6.07, 6.45) is 7.71. The van der Waals surface area contributed by atoms with Crippen molar-refractivity contribution in [3.05, 3.63) is 82.8 Å². The van der Waals surface area contributed by atoms with E-state index in [1.54, 1.807) is 0 Å². The number of hydrogen-bond donors (Lipinski definition) is 4. The first-order valence-electron chi connectivity index (χ1n) is 13.8. The number of amides is 1. The molecule has 38 heavy (non-hydrogen) atoms. The predicted octanol–water partition coefficient (Wildman–Crippen LogP) is 5.22. The maximum absolute atomic E-state index is 14.3. The molecule has 1 aliphatic carbocycles. The quantitative estimate of drug-likeness (QED) is 0.355. The van der Waals surface area contributed by atoms with E-state index >= 15 is 0 Å². The molecular weight excluding hydrogens is 474 g/mol. The fraction of sp³-hybridized carbons (Fsp3) is 0.438. The molecule has 1 fully saturated rings. The number of aliphatic hydroxyl groups excluding tert-OH is 1. The Morgan fingerprint density at radius 1 is 1.05 bits per heavy atom. The van der Waals surface area contributed by atoms with Crippen molar-refractivity contribution >= 4 is 22.6 Å². The molecule has 4 N–H and O–H groups in total. The number of para-hydroxylation sites is 1. The molecular formula is C32H37N3O3. The molecule has 1 unspecified atom stereocenters. The van der Waals surface area contributed by atoms with E-state index in [0.717, 1.165) is 40.5 Å². The Balaban J connectivity index is 1.53. The van der Waals surface area contributed by atoms with E-state index in [9.17, 15) is 14.7 Å². The van der Waals surface area contributed by atoms with Gasteiger partial charge in [0.15, 0.2) is 5.78 Å². The van der Waals surface area contributed by atoms with E-state index in [-0.39, 0.29) is 29.6 Å². The Morgan fingerprint density at radius 2 is 1.84 bits per heavy atom. The van der Waals surface area contributed by atoms with Gasteiger partial charge in [0.2, 0.25) is 5.91 Å². The number of allylic oxidation sites excluding steroid dienone is 1. The van der Waals surface area contributed by atoms with Crippen molar-refractivity contribution in [1.29, 1.82) is 0 Å². The Kier molecular flexibility index (Phi) is 5.98. The molecule has 2 bridgehead atoms. The van der Waals surface area contributed by atoms with Gasteiger partial charge in [0.05, 0.1) is 11.8 Å². The highest BCUT2D eigenvalue weighted by atomic mass is 16.3. The molecule has 6 heteroatoms. The zero-order chi connectivity index (χ0) is 26.8. The maximum Gasteiger partial charge on any atom is 0.233 e. The van der Waals surface area contributed by atoms with Gasteiger partial charge < -0.3 is 20.4 Å². The van der Waals surface area contributed by atoms with Crippen LogP contribution in [0.1, 0.15) is 62.3 Å². The highest BCUT2D eigenvalue weighted by Gasteiger charge is 2.64. The van der Waals surface area contributed by atoms with Crippen molar-refractivity contribution in [2.75, 3.05) is 0 Å². The van der Waals surface area contributed by atoms with Gasteiger partial charge in [-0.15, -0.1) is 0 Å². The third-order valence-corrected chi connectivity index (χ3v) is 9.58. The van der Waals surface area contributed by atoms with Gasteiger partial charge in [0, 0.05) is 46.6 Å². The summed E-state index contributed by atoms with van der Waals surface area (Å²) < 4.78 is 0. The minimum atomic E-state index is -1.04. The van der Waals surface area contributed by atoms with Crippen LogP contribution in [0.2, 0.25) is 0 Å². The maximum atomic E-state index is 14.3. The number of carbonyl (C=O) groups is 2. The lowest BCUT2D eigenvalue weighted by Crippen LogP contribution is -2.54. The standard InChI is InChI=1S/C32H37N3O3/c1-17-8-7-10-23-30(37)20(4)19(3)28-26(15-21-16-33-24-11-6-5-9-22(21)24)35-31(38)32(23,28)27-13-12-25(34-27)29(36)18(2)14-17/h5-7,9-13,16-18,23,26,28,30,33-34,37H,8,14-15H2,1-4H3,(H,35,38)/b10-7+/t17-,18+,23-,26-,28?,30+,32+/m0/s1. The number of hydrogen-bond acceptors (Lipinski definition) is 3. The number of fused-ring (bicyclic) bond motifs is 3. The van der Waals surface area contributed by atoms with Gasteiger partial charge in [0.1, 0.15) is 5.41 Å². The first-order valence-corrected chi connectivity index (χ1v) is 13.8. The lowest BCUT2D eigenvalue weighted by atomic mass is 9.55. The zero-order valence-electron chi connectivity index (χ0n) is 22.5. The fourth-order valence-electron chi connectivity index (χ4n) is 7.57. The van der Waals surface area contributed by atoms with Crippen LogP contribution in [0, 0.1) is 23.7 Å². The van der Waals surface area contributed by atoms with Crippen LogP contribution in [0.15, 0.2) is 65.9 Å². The summed E-state index contributed by atoms with van der Waals surface area (Å²) in [7, 11) is 0. The molecule has 6 rings (SSSR count). The van der Waals surface area contributed by atoms with Crippen LogP contribution in [0.4, 0.5) is 0 Å². The minimum absolute atomic E-state index is 0.0747. The molecule has 4 heterocycles. The van der Waals surface area contributed by atoms with Crippen molar-refractivity contribution in [1.82, 2.24) is 15.3 Å². The number of aromatic nitrogens is 2. The molecule has 2 aliphatic heterocycles. The Hall–Kier alpha value is -3.38. The molecule has 0 saturated carbocycles. The highest BCUT2D eigenvalue weighted by Crippen LogP contribution is 2.55. The van der Waals surface area contributed by atoms with Gasteiger partial charge in [-0.3, -0.25) is 9.59 Å². The number of aromatic amines is 2. The van der Waals surface area contributed by atoms with Gasteiger partial charge in [-0.2, -0.15) is 0 Å². The second kappa shape index (κ2) is 9.12. The molecule has 1 amide bonds. The third-order valence-electron chi connectivity index (χ3n) is 9.58. The van der Waals surface area contributed by atoms with Crippen LogP contribution in [0.25, 0.3) is 10.9 Å². The van der Waals surface area contributed by atoms with Gasteiger partial charge in [-0.1, -0.05) is 49.8 Å². The second-order valence-electron chi connectivity index (χ2n) is 11.9. The van der Waals surface area contributed by atoms with Gasteiger partial charge in [-0.05, 0) is 68.4 Å².